The number of thioether (sulfide) groups is 1. The van der Waals surface area contributed by atoms with Crippen LogP contribution in [0.5, 0.6) is 11.5 Å². The van der Waals surface area contributed by atoms with Gasteiger partial charge in [0.2, 0.25) is 0 Å². The van der Waals surface area contributed by atoms with Crippen LogP contribution in [0, 0.1) is 0 Å². The van der Waals surface area contributed by atoms with Crippen molar-refractivity contribution in [2.45, 2.75) is 13.5 Å². The molecule has 2 amide bonds. The highest BCUT2D eigenvalue weighted by atomic mass is 79.9. The number of halogens is 4. The quantitative estimate of drug-likeness (QED) is 0.147. The molecule has 0 radical (unpaired) electrons. The van der Waals surface area contributed by atoms with Crippen LogP contribution in [0.2, 0.25) is 15.1 Å². The highest BCUT2D eigenvalue weighted by Crippen LogP contribution is 2.40. The van der Waals surface area contributed by atoms with Crippen LogP contribution in [0.3, 0.4) is 0 Å². The lowest BCUT2D eigenvalue weighted by atomic mass is 10.1. The summed E-state index contributed by atoms with van der Waals surface area (Å²) in [7, 11) is 0. The standard InChI is InChI=1S/C26H17BrCl3NO5S/c1-2-35-21-11-15(9-18(27)23(21)36-25(33)16-4-6-17(28)7-5-16)12-22-24(32)31(26(34)37-22)13-14-3-8-19(29)20(30)10-14/h3-12H,2,13H2,1H3/b22-12-. The summed E-state index contributed by atoms with van der Waals surface area (Å²) in [6, 6.07) is 14.5. The van der Waals surface area contributed by atoms with E-state index in [4.69, 9.17) is 44.3 Å². The van der Waals surface area contributed by atoms with Gasteiger partial charge < -0.3 is 9.47 Å². The molecule has 0 aromatic heterocycles. The molecule has 1 saturated heterocycles. The van der Waals surface area contributed by atoms with Gasteiger partial charge in [0.15, 0.2) is 11.5 Å². The second-order valence-electron chi connectivity index (χ2n) is 7.68. The Morgan fingerprint density at radius 3 is 2.43 bits per heavy atom. The number of ether oxygens (including phenoxy) is 2. The minimum atomic E-state index is -0.588. The third-order valence-corrected chi connectivity index (χ3v) is 7.59. The molecule has 6 nitrogen and oxygen atoms in total. The van der Waals surface area contributed by atoms with Crippen molar-refractivity contribution in [1.82, 2.24) is 4.90 Å². The van der Waals surface area contributed by atoms with Gasteiger partial charge in [-0.15, -0.1) is 0 Å². The maximum absolute atomic E-state index is 13.0. The van der Waals surface area contributed by atoms with Crippen molar-refractivity contribution in [3.05, 3.63) is 95.7 Å². The summed E-state index contributed by atoms with van der Waals surface area (Å²) in [5.74, 6) is -0.546. The van der Waals surface area contributed by atoms with Gasteiger partial charge in [0.1, 0.15) is 0 Å². The Labute approximate surface area is 240 Å². The molecule has 0 N–H and O–H groups in total. The average molecular weight is 642 g/mol. The zero-order chi connectivity index (χ0) is 26.7. The first-order valence-corrected chi connectivity index (χ1v) is 13.5. The normalized spacial score (nSPS) is 14.4. The first-order valence-electron chi connectivity index (χ1n) is 10.8. The van der Waals surface area contributed by atoms with Crippen LogP contribution in [0.4, 0.5) is 4.79 Å². The Morgan fingerprint density at radius 1 is 1.03 bits per heavy atom. The van der Waals surface area contributed by atoms with E-state index in [1.165, 1.54) is 0 Å². The summed E-state index contributed by atoms with van der Waals surface area (Å²) in [6.07, 6.45) is 1.58. The first kappa shape index (κ1) is 27.5. The van der Waals surface area contributed by atoms with Gasteiger partial charge in [0, 0.05) is 5.02 Å². The minimum absolute atomic E-state index is 0.0619. The summed E-state index contributed by atoms with van der Waals surface area (Å²) >= 11 is 22.2. The van der Waals surface area contributed by atoms with Crippen molar-refractivity contribution >= 4 is 85.7 Å². The third kappa shape index (κ3) is 6.51. The average Bonchev–Trinajstić information content (AvgIpc) is 3.11. The number of carbonyl (C=O) groups is 3. The van der Waals surface area contributed by atoms with Crippen molar-refractivity contribution in [2.75, 3.05) is 6.61 Å². The smallest absolute Gasteiger partial charge is 0.343 e. The minimum Gasteiger partial charge on any atom is -0.490 e. The van der Waals surface area contributed by atoms with E-state index >= 15 is 0 Å². The molecule has 0 atom stereocenters. The fraction of sp³-hybridized carbons (Fsp3) is 0.115. The summed E-state index contributed by atoms with van der Waals surface area (Å²) < 4.78 is 11.7. The molecule has 1 aliphatic rings. The molecule has 0 bridgehead atoms. The van der Waals surface area contributed by atoms with E-state index in [0.29, 0.717) is 48.6 Å². The molecule has 11 heteroatoms. The van der Waals surface area contributed by atoms with Gasteiger partial charge in [-0.05, 0) is 100 Å². The molecule has 0 unspecified atom stereocenters. The largest absolute Gasteiger partial charge is 0.490 e. The first-order chi connectivity index (χ1) is 17.7. The zero-order valence-corrected chi connectivity index (χ0v) is 23.8. The van der Waals surface area contributed by atoms with Crippen molar-refractivity contribution in [3.63, 3.8) is 0 Å². The van der Waals surface area contributed by atoms with E-state index in [1.807, 2.05) is 0 Å². The highest BCUT2D eigenvalue weighted by Gasteiger charge is 2.35. The number of carbonyl (C=O) groups excluding carboxylic acids is 3. The molecule has 0 aliphatic carbocycles. The molecule has 4 rings (SSSR count). The summed E-state index contributed by atoms with van der Waals surface area (Å²) in [5.41, 5.74) is 1.56. The van der Waals surface area contributed by atoms with Crippen LogP contribution in [-0.4, -0.2) is 28.6 Å². The summed E-state index contributed by atoms with van der Waals surface area (Å²) in [5, 5.41) is 0.822. The molecule has 1 heterocycles. The number of benzene rings is 3. The SMILES string of the molecule is CCOc1cc(/C=C2\SC(=O)N(Cc3ccc(Cl)c(Cl)c3)C2=O)cc(Br)c1OC(=O)c1ccc(Cl)cc1. The number of rotatable bonds is 7. The van der Waals surface area contributed by atoms with Crippen molar-refractivity contribution in [3.8, 4) is 11.5 Å². The van der Waals surface area contributed by atoms with Crippen molar-refractivity contribution < 1.29 is 23.9 Å². The van der Waals surface area contributed by atoms with E-state index in [2.05, 4.69) is 15.9 Å². The Kier molecular flexibility index (Phi) is 8.87. The van der Waals surface area contributed by atoms with E-state index in [9.17, 15) is 14.4 Å². The fourth-order valence-corrected chi connectivity index (χ4v) is 5.20. The number of amides is 2. The van der Waals surface area contributed by atoms with Gasteiger partial charge in [-0.25, -0.2) is 4.79 Å². The molecule has 3 aromatic carbocycles. The molecule has 37 heavy (non-hydrogen) atoms. The van der Waals surface area contributed by atoms with E-state index in [-0.39, 0.29) is 17.2 Å². The lowest BCUT2D eigenvalue weighted by Gasteiger charge is -2.14. The fourth-order valence-electron chi connectivity index (χ4n) is 3.38. The molecule has 1 aliphatic heterocycles. The lowest BCUT2D eigenvalue weighted by molar-refractivity contribution is -0.123. The molecule has 3 aromatic rings. The molecule has 190 valence electrons. The molecule has 0 spiro atoms. The topological polar surface area (TPSA) is 72.9 Å². The number of nitrogens with zero attached hydrogens (tertiary/aromatic N) is 1. The van der Waals surface area contributed by atoms with Crippen LogP contribution < -0.4 is 9.47 Å². The number of imide groups is 1. The van der Waals surface area contributed by atoms with Gasteiger partial charge in [0.25, 0.3) is 11.1 Å². The molecular formula is C26H17BrCl3NO5S. The number of hydrogen-bond acceptors (Lipinski definition) is 6. The second-order valence-corrected chi connectivity index (χ2v) is 10.8. The van der Waals surface area contributed by atoms with Crippen LogP contribution in [-0.2, 0) is 11.3 Å². The van der Waals surface area contributed by atoms with Crippen LogP contribution in [0.15, 0.2) is 64.0 Å². The third-order valence-electron chi connectivity index (χ3n) is 5.10. The Hall–Kier alpha value is -2.49. The summed E-state index contributed by atoms with van der Waals surface area (Å²) in [4.78, 5) is 39.6. The predicted octanol–water partition coefficient (Wildman–Crippen LogP) is 8.26. The van der Waals surface area contributed by atoms with Gasteiger partial charge in [-0.3, -0.25) is 14.5 Å². The maximum atomic E-state index is 13.0. The Bertz CT molecular complexity index is 1430. The van der Waals surface area contributed by atoms with Gasteiger partial charge in [-0.2, -0.15) is 0 Å². The second kappa shape index (κ2) is 11.9. The van der Waals surface area contributed by atoms with Crippen molar-refractivity contribution in [2.24, 2.45) is 0 Å². The van der Waals surface area contributed by atoms with Gasteiger partial charge in [0.05, 0.1) is 38.1 Å². The monoisotopic (exact) mass is 639 g/mol. The highest BCUT2D eigenvalue weighted by molar-refractivity contribution is 9.10. The Balaban J connectivity index is 1.58. The molecular weight excluding hydrogens is 625 g/mol. The van der Waals surface area contributed by atoms with Crippen LogP contribution in [0.25, 0.3) is 6.08 Å². The zero-order valence-electron chi connectivity index (χ0n) is 19.1. The number of hydrogen-bond donors (Lipinski definition) is 0. The van der Waals surface area contributed by atoms with E-state index in [0.717, 1.165) is 16.7 Å². The lowest BCUT2D eigenvalue weighted by Crippen LogP contribution is -2.27. The van der Waals surface area contributed by atoms with Crippen LogP contribution >= 0.6 is 62.5 Å². The Morgan fingerprint density at radius 2 is 1.76 bits per heavy atom. The predicted molar refractivity (Wildman–Crippen MR) is 150 cm³/mol. The van der Waals surface area contributed by atoms with Gasteiger partial charge >= 0.3 is 5.97 Å². The molecule has 0 saturated carbocycles. The van der Waals surface area contributed by atoms with Crippen molar-refractivity contribution in [1.29, 1.82) is 0 Å². The van der Waals surface area contributed by atoms with Crippen LogP contribution in [0.1, 0.15) is 28.4 Å². The maximum Gasteiger partial charge on any atom is 0.343 e. The van der Waals surface area contributed by atoms with E-state index in [1.54, 1.807) is 67.6 Å². The molecule has 1 fully saturated rings. The number of esters is 1. The van der Waals surface area contributed by atoms with E-state index < -0.39 is 17.1 Å². The van der Waals surface area contributed by atoms with Gasteiger partial charge in [-0.1, -0.05) is 40.9 Å². The summed E-state index contributed by atoms with van der Waals surface area (Å²) in [6.45, 7) is 2.16.